The first kappa shape index (κ1) is 13.4. The van der Waals surface area contributed by atoms with Crippen molar-refractivity contribution in [2.45, 2.75) is 6.42 Å². The normalized spacial score (nSPS) is 13.1. The van der Waals surface area contributed by atoms with Gasteiger partial charge in [-0.15, -0.1) is 0 Å². The van der Waals surface area contributed by atoms with Crippen LogP contribution in [0, 0.1) is 0 Å². The van der Waals surface area contributed by atoms with Gasteiger partial charge in [0.1, 0.15) is 0 Å². The summed E-state index contributed by atoms with van der Waals surface area (Å²) in [4.78, 5) is 22.7. The van der Waals surface area contributed by atoms with Crippen LogP contribution < -0.4 is 0 Å². The topological polar surface area (TPSA) is 60.7 Å². The molecule has 1 aliphatic carbocycles. The van der Waals surface area contributed by atoms with Gasteiger partial charge in [0.2, 0.25) is 0 Å². The number of rotatable bonds is 0. The number of allylic oxidation sites excluding steroid dienone is 1. The van der Waals surface area contributed by atoms with Crippen LogP contribution in [0.25, 0.3) is 16.8 Å². The molecule has 0 fully saturated rings. The summed E-state index contributed by atoms with van der Waals surface area (Å²) in [6.45, 7) is -3.81. The van der Waals surface area contributed by atoms with E-state index in [2.05, 4.69) is 60.4 Å². The second-order valence-electron chi connectivity index (χ2n) is 3.98. The van der Waals surface area contributed by atoms with Crippen molar-refractivity contribution in [3.8, 4) is 0 Å². The van der Waals surface area contributed by atoms with Crippen molar-refractivity contribution in [1.29, 1.82) is 0 Å². The summed E-state index contributed by atoms with van der Waals surface area (Å²) in [5.74, 6) is 0. The van der Waals surface area contributed by atoms with Crippen LogP contribution in [0.15, 0.2) is 42.5 Å². The van der Waals surface area contributed by atoms with E-state index in [4.69, 9.17) is 14.7 Å². The van der Waals surface area contributed by atoms with E-state index in [1.54, 1.807) is 0 Å². The first-order valence-corrected chi connectivity index (χ1v) is 8.07. The van der Waals surface area contributed by atoms with Crippen molar-refractivity contribution in [3.63, 3.8) is 0 Å². The maximum Gasteiger partial charge on any atom is 0.319 e. The molecule has 94 valence electrons. The predicted octanol–water partition coefficient (Wildman–Crippen LogP) is 2.60. The molecule has 0 atom stereocenters. The van der Waals surface area contributed by atoms with Crippen LogP contribution in [-0.2, 0) is 18.2 Å². The molecular formula is C13H13O3PS. The summed E-state index contributed by atoms with van der Waals surface area (Å²) in [5.41, 5.74) is 2.81. The van der Waals surface area contributed by atoms with Gasteiger partial charge in [-0.3, -0.25) is 0 Å². The molecule has 0 radical (unpaired) electrons. The zero-order chi connectivity index (χ0) is 13.2. The van der Waals surface area contributed by atoms with Gasteiger partial charge in [-0.05, 0) is 40.1 Å². The molecule has 3 nitrogen and oxygen atoms in total. The van der Waals surface area contributed by atoms with E-state index in [1.165, 1.54) is 21.9 Å². The molecule has 0 saturated carbocycles. The minimum absolute atomic E-state index is 1.08. The van der Waals surface area contributed by atoms with E-state index in [0.717, 1.165) is 6.42 Å². The lowest BCUT2D eigenvalue weighted by molar-refractivity contribution is 0.363. The highest BCUT2D eigenvalue weighted by atomic mass is 32.5. The summed E-state index contributed by atoms with van der Waals surface area (Å²) < 4.78 is 0. The highest BCUT2D eigenvalue weighted by Crippen LogP contribution is 2.28. The fourth-order valence-corrected chi connectivity index (χ4v) is 2.07. The van der Waals surface area contributed by atoms with Gasteiger partial charge in [-0.1, -0.05) is 48.6 Å². The smallest absolute Gasteiger partial charge is 0.319 e. The van der Waals surface area contributed by atoms with E-state index in [0.29, 0.717) is 0 Å². The van der Waals surface area contributed by atoms with Crippen molar-refractivity contribution in [3.05, 3.63) is 53.6 Å². The Hall–Kier alpha value is -1.03. The molecular weight excluding hydrogens is 267 g/mol. The van der Waals surface area contributed by atoms with Gasteiger partial charge in [0.05, 0.1) is 0 Å². The monoisotopic (exact) mass is 280 g/mol. The van der Waals surface area contributed by atoms with Crippen molar-refractivity contribution in [2.24, 2.45) is 0 Å². The summed E-state index contributed by atoms with van der Waals surface area (Å²) in [7, 11) is 0. The lowest BCUT2D eigenvalue weighted by Crippen LogP contribution is -1.91. The highest BCUT2D eigenvalue weighted by Gasteiger charge is 2.06. The molecule has 3 rings (SSSR count). The maximum absolute atomic E-state index is 7.56. The van der Waals surface area contributed by atoms with Crippen LogP contribution >= 0.6 is 6.72 Å². The zero-order valence-electron chi connectivity index (χ0n) is 9.52. The lowest BCUT2D eigenvalue weighted by atomic mass is 9.93. The zero-order valence-corrected chi connectivity index (χ0v) is 11.2. The predicted molar refractivity (Wildman–Crippen MR) is 77.6 cm³/mol. The average Bonchev–Trinajstić information content (AvgIpc) is 2.28. The Bertz CT molecular complexity index is 632. The molecule has 3 N–H and O–H groups in total. The van der Waals surface area contributed by atoms with Gasteiger partial charge in [0.25, 0.3) is 0 Å². The lowest BCUT2D eigenvalue weighted by Gasteiger charge is -2.11. The molecule has 0 unspecified atom stereocenters. The van der Waals surface area contributed by atoms with Crippen molar-refractivity contribution < 1.29 is 14.7 Å². The van der Waals surface area contributed by atoms with Gasteiger partial charge >= 0.3 is 6.72 Å². The summed E-state index contributed by atoms with van der Waals surface area (Å²) in [5, 5.41) is 2.80. The van der Waals surface area contributed by atoms with E-state index < -0.39 is 6.72 Å². The van der Waals surface area contributed by atoms with Gasteiger partial charge in [0.15, 0.2) is 0 Å². The second-order valence-corrected chi connectivity index (χ2v) is 6.48. The van der Waals surface area contributed by atoms with Crippen molar-refractivity contribution in [1.82, 2.24) is 0 Å². The third-order valence-corrected chi connectivity index (χ3v) is 2.66. The molecule has 0 saturated heterocycles. The number of benzene rings is 2. The molecule has 0 heterocycles. The van der Waals surface area contributed by atoms with E-state index in [9.17, 15) is 0 Å². The molecule has 0 aromatic heterocycles. The third-order valence-electron chi connectivity index (χ3n) is 2.66. The Morgan fingerprint density at radius 2 is 1.61 bits per heavy atom. The average molecular weight is 280 g/mol. The minimum atomic E-state index is -3.81. The van der Waals surface area contributed by atoms with Crippen LogP contribution in [-0.4, -0.2) is 14.7 Å². The van der Waals surface area contributed by atoms with E-state index in [-0.39, 0.29) is 0 Å². The Morgan fingerprint density at radius 3 is 2.28 bits per heavy atom. The van der Waals surface area contributed by atoms with Crippen LogP contribution in [0.5, 0.6) is 0 Å². The minimum Gasteiger partial charge on any atom is -0.325 e. The summed E-state index contributed by atoms with van der Waals surface area (Å²) in [6, 6.07) is 13.0. The highest BCUT2D eigenvalue weighted by molar-refractivity contribution is 8.06. The molecule has 2 aromatic carbocycles. The van der Waals surface area contributed by atoms with Crippen LogP contribution in [0.2, 0.25) is 0 Å². The molecule has 18 heavy (non-hydrogen) atoms. The number of hydrogen-bond acceptors (Lipinski definition) is 1. The van der Waals surface area contributed by atoms with Crippen molar-refractivity contribution >= 4 is 35.4 Å². The molecule has 2 aromatic rings. The van der Waals surface area contributed by atoms with Gasteiger partial charge in [-0.25, -0.2) is 0 Å². The van der Waals surface area contributed by atoms with Crippen molar-refractivity contribution in [2.75, 3.05) is 0 Å². The fraction of sp³-hybridized carbons (Fsp3) is 0.0769. The Balaban J connectivity index is 0.000000209. The number of hydrogen-bond donors (Lipinski definition) is 3. The van der Waals surface area contributed by atoms with Gasteiger partial charge < -0.3 is 14.7 Å². The summed E-state index contributed by atoms with van der Waals surface area (Å²) >= 11 is 3.60. The van der Waals surface area contributed by atoms with Gasteiger partial charge in [0, 0.05) is 0 Å². The first-order valence-electron chi connectivity index (χ1n) is 5.40. The van der Waals surface area contributed by atoms with E-state index in [1.807, 2.05) is 0 Å². The molecule has 0 spiro atoms. The molecule has 0 aliphatic heterocycles. The molecule has 0 amide bonds. The fourth-order valence-electron chi connectivity index (χ4n) is 2.07. The van der Waals surface area contributed by atoms with Crippen LogP contribution in [0.4, 0.5) is 0 Å². The third kappa shape index (κ3) is 3.48. The first-order chi connectivity index (χ1) is 8.45. The largest absolute Gasteiger partial charge is 0.325 e. The second kappa shape index (κ2) is 5.31. The Morgan fingerprint density at radius 1 is 1.00 bits per heavy atom. The molecule has 5 heteroatoms. The van der Waals surface area contributed by atoms with Crippen LogP contribution in [0.1, 0.15) is 11.1 Å². The van der Waals surface area contributed by atoms with Crippen LogP contribution in [0.3, 0.4) is 0 Å². The maximum atomic E-state index is 7.56. The molecule has 0 bridgehead atoms. The standard InChI is InChI=1S/C13H10.H3O3PS/c1-4-10-6-2-8-12-9-3-7-11(5-1)13(10)12;1-4(2,3)5/h1-8H,9H2;(H3,1,2,3,5). The quantitative estimate of drug-likeness (QED) is 0.649. The Labute approximate surface area is 110 Å². The summed E-state index contributed by atoms with van der Waals surface area (Å²) in [6.07, 6.45) is 5.53. The molecule has 1 aliphatic rings. The Kier molecular flexibility index (Phi) is 3.95. The SMILES string of the molecule is C1=Cc2cccc3cccc(c23)C1.OP(O)(O)=S. The van der Waals surface area contributed by atoms with Gasteiger partial charge in [-0.2, -0.15) is 0 Å². The van der Waals surface area contributed by atoms with E-state index >= 15 is 0 Å².